The molecule has 0 fully saturated rings. The minimum absolute atomic E-state index is 0.521. The van der Waals surface area contributed by atoms with Crippen molar-refractivity contribution in [2.24, 2.45) is 0 Å². The Bertz CT molecular complexity index is 3150. The molecule has 1 aliphatic carbocycles. The Morgan fingerprint density at radius 2 is 0.734 bits per heavy atom. The van der Waals surface area contributed by atoms with Crippen LogP contribution >= 0.6 is 0 Å². The maximum atomic E-state index is 2.48. The van der Waals surface area contributed by atoms with Crippen LogP contribution in [0.4, 0.5) is 17.1 Å². The maximum absolute atomic E-state index is 2.48. The molecule has 0 amide bonds. The predicted molar refractivity (Wildman–Crippen MR) is 268 cm³/mol. The van der Waals surface area contributed by atoms with Gasteiger partial charge in [-0.05, 0) is 127 Å². The van der Waals surface area contributed by atoms with Gasteiger partial charge in [-0.1, -0.05) is 224 Å². The van der Waals surface area contributed by atoms with Crippen LogP contribution in [0.2, 0.25) is 0 Å². The van der Waals surface area contributed by atoms with Crippen LogP contribution in [0.5, 0.6) is 0 Å². The highest BCUT2D eigenvalue weighted by Crippen LogP contribution is 2.57. The average molecular weight is 818 g/mol. The third kappa shape index (κ3) is 7.12. The van der Waals surface area contributed by atoms with Crippen molar-refractivity contribution in [2.45, 2.75) is 18.3 Å². The second-order valence-electron chi connectivity index (χ2n) is 16.8. The van der Waals surface area contributed by atoms with Crippen LogP contribution in [0.1, 0.15) is 44.5 Å². The van der Waals surface area contributed by atoms with E-state index in [0.29, 0.717) is 0 Å². The zero-order valence-electron chi connectivity index (χ0n) is 35.7. The van der Waals surface area contributed by atoms with Crippen LogP contribution in [0, 0.1) is 0 Å². The Morgan fingerprint density at radius 3 is 1.39 bits per heavy atom. The second-order valence-corrected chi connectivity index (χ2v) is 16.8. The van der Waals surface area contributed by atoms with E-state index in [1.165, 1.54) is 77.9 Å². The molecule has 0 atom stereocenters. The van der Waals surface area contributed by atoms with E-state index in [4.69, 9.17) is 0 Å². The normalized spacial score (nSPS) is 12.3. The number of benzene rings is 10. The highest BCUT2D eigenvalue weighted by Gasteiger charge is 2.46. The molecule has 1 aliphatic rings. The standard InChI is InChI=1S/C63H47N/c1-6-21-46(22-7-1)41-50-27-16-17-34-57(50)58-39-37-55(44-51(58)42-47-23-8-2-9-24-47)64(54-33-20-28-49(43-54)48-25-10-3-11-26-48)56-38-40-60-59-35-18-19-36-61(59)63(62(60)45-56,52-29-12-4-13-30-52)53-31-14-5-15-32-53/h1-40,43-45H,41-42H2. The number of hydrogen-bond acceptors (Lipinski definition) is 1. The van der Waals surface area contributed by atoms with E-state index in [1.54, 1.807) is 0 Å². The summed E-state index contributed by atoms with van der Waals surface area (Å²) in [6.45, 7) is 0. The van der Waals surface area contributed by atoms with Crippen LogP contribution in [-0.4, -0.2) is 0 Å². The third-order valence-electron chi connectivity index (χ3n) is 13.0. The molecule has 0 spiro atoms. The Labute approximate surface area is 377 Å². The Hall–Kier alpha value is -8.00. The molecule has 0 aliphatic heterocycles. The average Bonchev–Trinajstić information content (AvgIpc) is 3.66. The van der Waals surface area contributed by atoms with Crippen LogP contribution in [-0.2, 0) is 18.3 Å². The van der Waals surface area contributed by atoms with Gasteiger partial charge in [0.2, 0.25) is 0 Å². The first-order chi connectivity index (χ1) is 31.7. The van der Waals surface area contributed by atoms with Gasteiger partial charge in [-0.3, -0.25) is 0 Å². The van der Waals surface area contributed by atoms with E-state index in [2.05, 4.69) is 266 Å². The fourth-order valence-electron chi connectivity index (χ4n) is 10.2. The van der Waals surface area contributed by atoms with Crippen molar-refractivity contribution in [3.05, 3.63) is 305 Å². The van der Waals surface area contributed by atoms with Crippen molar-refractivity contribution in [1.82, 2.24) is 0 Å². The summed E-state index contributed by atoms with van der Waals surface area (Å²) in [7, 11) is 0. The summed E-state index contributed by atoms with van der Waals surface area (Å²) in [6.07, 6.45) is 1.66. The van der Waals surface area contributed by atoms with Crippen molar-refractivity contribution >= 4 is 17.1 Å². The summed E-state index contributed by atoms with van der Waals surface area (Å²) in [5.41, 5.74) is 20.5. The van der Waals surface area contributed by atoms with Crippen molar-refractivity contribution in [2.75, 3.05) is 4.90 Å². The molecule has 1 heteroatoms. The summed E-state index contributed by atoms with van der Waals surface area (Å²) < 4.78 is 0. The smallest absolute Gasteiger partial charge is 0.0714 e. The summed E-state index contributed by atoms with van der Waals surface area (Å²) >= 11 is 0. The number of anilines is 3. The zero-order chi connectivity index (χ0) is 42.7. The SMILES string of the molecule is c1ccc(Cc2ccccc2-c2ccc(N(c3cccc(-c4ccccc4)c3)c3ccc4c(c3)C(c3ccccc3)(c3ccccc3)c3ccccc3-4)cc2Cc2ccccc2)cc1. The molecule has 0 saturated carbocycles. The van der Waals surface area contributed by atoms with Gasteiger partial charge in [-0.25, -0.2) is 0 Å². The van der Waals surface area contributed by atoms with E-state index in [-0.39, 0.29) is 0 Å². The number of fused-ring (bicyclic) bond motifs is 3. The Morgan fingerprint density at radius 1 is 0.281 bits per heavy atom. The summed E-state index contributed by atoms with van der Waals surface area (Å²) in [5, 5.41) is 0. The van der Waals surface area contributed by atoms with E-state index in [0.717, 1.165) is 29.9 Å². The molecule has 0 saturated heterocycles. The van der Waals surface area contributed by atoms with Gasteiger partial charge in [-0.2, -0.15) is 0 Å². The van der Waals surface area contributed by atoms with Gasteiger partial charge in [0.1, 0.15) is 0 Å². The van der Waals surface area contributed by atoms with Gasteiger partial charge in [0, 0.05) is 17.1 Å². The van der Waals surface area contributed by atoms with E-state index in [1.807, 2.05) is 0 Å². The summed E-state index contributed by atoms with van der Waals surface area (Å²) in [6, 6.07) is 95.9. The molecule has 10 aromatic rings. The maximum Gasteiger partial charge on any atom is 0.0714 e. The van der Waals surface area contributed by atoms with Gasteiger partial charge in [0.25, 0.3) is 0 Å². The highest BCUT2D eigenvalue weighted by atomic mass is 15.1. The van der Waals surface area contributed by atoms with Crippen LogP contribution < -0.4 is 4.90 Å². The first-order valence-corrected chi connectivity index (χ1v) is 22.3. The lowest BCUT2D eigenvalue weighted by molar-refractivity contribution is 0.768. The first-order valence-electron chi connectivity index (χ1n) is 22.3. The Balaban J connectivity index is 1.14. The number of nitrogens with zero attached hydrogens (tertiary/aromatic N) is 1. The summed E-state index contributed by atoms with van der Waals surface area (Å²) in [4.78, 5) is 2.48. The zero-order valence-corrected chi connectivity index (χ0v) is 35.7. The van der Waals surface area contributed by atoms with Crippen LogP contribution in [0.15, 0.2) is 261 Å². The lowest BCUT2D eigenvalue weighted by atomic mass is 9.67. The van der Waals surface area contributed by atoms with Crippen LogP contribution in [0.3, 0.4) is 0 Å². The molecule has 64 heavy (non-hydrogen) atoms. The third-order valence-corrected chi connectivity index (χ3v) is 13.0. The molecular formula is C63H47N. The monoisotopic (exact) mass is 817 g/mol. The lowest BCUT2D eigenvalue weighted by Gasteiger charge is -2.35. The topological polar surface area (TPSA) is 3.24 Å². The minimum Gasteiger partial charge on any atom is -0.310 e. The van der Waals surface area contributed by atoms with Crippen molar-refractivity contribution < 1.29 is 0 Å². The van der Waals surface area contributed by atoms with Gasteiger partial charge in [-0.15, -0.1) is 0 Å². The van der Waals surface area contributed by atoms with Crippen molar-refractivity contribution in [3.8, 4) is 33.4 Å². The van der Waals surface area contributed by atoms with Gasteiger partial charge in [0.15, 0.2) is 0 Å². The molecular weight excluding hydrogens is 771 g/mol. The van der Waals surface area contributed by atoms with Gasteiger partial charge in [0.05, 0.1) is 5.41 Å². The van der Waals surface area contributed by atoms with Gasteiger partial charge < -0.3 is 4.90 Å². The predicted octanol–water partition coefficient (Wildman–Crippen LogP) is 16.0. The van der Waals surface area contributed by atoms with Crippen molar-refractivity contribution in [1.29, 1.82) is 0 Å². The molecule has 0 aromatic heterocycles. The molecule has 1 nitrogen and oxygen atoms in total. The Kier molecular flexibility index (Phi) is 10.4. The first kappa shape index (κ1) is 38.9. The second kappa shape index (κ2) is 17.0. The molecule has 0 heterocycles. The number of rotatable bonds is 11. The fourth-order valence-corrected chi connectivity index (χ4v) is 10.2. The molecule has 304 valence electrons. The quantitative estimate of drug-likeness (QED) is 0.126. The summed E-state index contributed by atoms with van der Waals surface area (Å²) in [5.74, 6) is 0. The van der Waals surface area contributed by atoms with E-state index in [9.17, 15) is 0 Å². The molecule has 0 radical (unpaired) electrons. The molecule has 0 unspecified atom stereocenters. The molecule has 0 bridgehead atoms. The van der Waals surface area contributed by atoms with Gasteiger partial charge >= 0.3 is 0 Å². The van der Waals surface area contributed by atoms with Crippen LogP contribution in [0.25, 0.3) is 33.4 Å². The van der Waals surface area contributed by atoms with E-state index >= 15 is 0 Å². The molecule has 0 N–H and O–H groups in total. The molecule has 11 rings (SSSR count). The fraction of sp³-hybridized carbons (Fsp3) is 0.0476. The minimum atomic E-state index is -0.521. The van der Waals surface area contributed by atoms with E-state index < -0.39 is 5.41 Å². The molecule has 10 aromatic carbocycles. The number of hydrogen-bond donors (Lipinski definition) is 0. The lowest BCUT2D eigenvalue weighted by Crippen LogP contribution is -2.28. The van der Waals surface area contributed by atoms with Crippen molar-refractivity contribution in [3.63, 3.8) is 0 Å². The highest BCUT2D eigenvalue weighted by molar-refractivity contribution is 5.90. The largest absolute Gasteiger partial charge is 0.310 e.